The maximum atomic E-state index is 13.5. The minimum Gasteiger partial charge on any atom is -0.324 e. The summed E-state index contributed by atoms with van der Waals surface area (Å²) in [6.07, 6.45) is 2.30. The van der Waals surface area contributed by atoms with E-state index in [1.807, 2.05) is 44.4 Å². The number of imidazole rings is 1. The number of carbonyl (C=O) groups is 1. The summed E-state index contributed by atoms with van der Waals surface area (Å²) in [6.45, 7) is 8.06. The Morgan fingerprint density at radius 3 is 2.48 bits per heavy atom. The summed E-state index contributed by atoms with van der Waals surface area (Å²) in [6, 6.07) is 13.9. The van der Waals surface area contributed by atoms with Gasteiger partial charge < -0.3 is 5.32 Å². The van der Waals surface area contributed by atoms with E-state index in [9.17, 15) is 9.18 Å². The van der Waals surface area contributed by atoms with Crippen LogP contribution in [-0.4, -0.2) is 20.4 Å². The standard InChI is InChI=1S/C26H27FN4OS/c1-5-22(25(32)30-23-17(3)13-16(2)14-18(23)4)31-24-21(7-6-12-28-24)29-26(31)33-15-19-8-10-20(27)11-9-19/h6-14,22H,5,15H2,1-4H3,(H,30,32). The van der Waals surface area contributed by atoms with Crippen molar-refractivity contribution in [2.75, 3.05) is 5.32 Å². The molecule has 1 atom stereocenters. The number of hydrogen-bond acceptors (Lipinski definition) is 4. The summed E-state index contributed by atoms with van der Waals surface area (Å²) in [5.74, 6) is 0.253. The van der Waals surface area contributed by atoms with Gasteiger partial charge in [0.05, 0.1) is 0 Å². The first-order valence-corrected chi connectivity index (χ1v) is 11.9. The third kappa shape index (κ3) is 4.93. The van der Waals surface area contributed by atoms with Crippen LogP contribution >= 0.6 is 11.8 Å². The third-order valence-corrected chi connectivity index (χ3v) is 6.65. The first-order chi connectivity index (χ1) is 15.9. The predicted octanol–water partition coefficient (Wildman–Crippen LogP) is 6.38. The summed E-state index contributed by atoms with van der Waals surface area (Å²) < 4.78 is 15.2. The van der Waals surface area contributed by atoms with Crippen LogP contribution in [0.15, 0.2) is 59.9 Å². The number of rotatable bonds is 7. The Labute approximate surface area is 197 Å². The quantitative estimate of drug-likeness (QED) is 0.324. The maximum absolute atomic E-state index is 13.5. The van der Waals surface area contributed by atoms with Gasteiger partial charge in [-0.05, 0) is 68.1 Å². The van der Waals surface area contributed by atoms with Crippen LogP contribution < -0.4 is 5.32 Å². The van der Waals surface area contributed by atoms with Gasteiger partial charge in [-0.3, -0.25) is 9.36 Å². The van der Waals surface area contributed by atoms with Crippen LogP contribution in [-0.2, 0) is 10.5 Å². The van der Waals surface area contributed by atoms with Gasteiger partial charge in [0.25, 0.3) is 0 Å². The molecule has 0 radical (unpaired) electrons. The fourth-order valence-corrected chi connectivity index (χ4v) is 5.09. The molecule has 2 aromatic carbocycles. The lowest BCUT2D eigenvalue weighted by atomic mass is 10.0. The molecule has 0 fully saturated rings. The molecule has 1 unspecified atom stereocenters. The second-order valence-corrected chi connectivity index (χ2v) is 9.16. The highest BCUT2D eigenvalue weighted by molar-refractivity contribution is 7.98. The molecule has 5 nitrogen and oxygen atoms in total. The Morgan fingerprint density at radius 2 is 1.82 bits per heavy atom. The molecular formula is C26H27FN4OS. The molecule has 4 rings (SSSR count). The molecule has 33 heavy (non-hydrogen) atoms. The molecule has 1 amide bonds. The fraction of sp³-hybridized carbons (Fsp3) is 0.269. The topological polar surface area (TPSA) is 59.8 Å². The Kier molecular flexibility index (Phi) is 6.79. The largest absolute Gasteiger partial charge is 0.324 e. The van der Waals surface area contributed by atoms with Gasteiger partial charge in [0.15, 0.2) is 10.8 Å². The SMILES string of the molecule is CCC(C(=O)Nc1c(C)cc(C)cc1C)n1c(SCc2ccc(F)cc2)nc2cccnc21. The first-order valence-electron chi connectivity index (χ1n) is 11.0. The fourth-order valence-electron chi connectivity index (χ4n) is 4.09. The lowest BCUT2D eigenvalue weighted by Crippen LogP contribution is -2.27. The van der Waals surface area contributed by atoms with Crippen molar-refractivity contribution in [1.82, 2.24) is 14.5 Å². The molecule has 0 aliphatic rings. The highest BCUT2D eigenvalue weighted by Gasteiger charge is 2.26. The van der Waals surface area contributed by atoms with Crippen molar-refractivity contribution in [2.24, 2.45) is 0 Å². The number of nitrogens with one attached hydrogen (secondary N) is 1. The smallest absolute Gasteiger partial charge is 0.247 e. The number of nitrogens with zero attached hydrogens (tertiary/aromatic N) is 3. The van der Waals surface area contributed by atoms with Crippen LogP contribution in [0.1, 0.15) is 41.6 Å². The number of amides is 1. The van der Waals surface area contributed by atoms with Gasteiger partial charge in [-0.25, -0.2) is 14.4 Å². The summed E-state index contributed by atoms with van der Waals surface area (Å²) in [4.78, 5) is 22.8. The number of anilines is 1. The highest BCUT2D eigenvalue weighted by atomic mass is 32.2. The zero-order chi connectivity index (χ0) is 23.5. The molecule has 0 bridgehead atoms. The summed E-state index contributed by atoms with van der Waals surface area (Å²) in [5.41, 5.74) is 6.49. The van der Waals surface area contributed by atoms with Gasteiger partial charge in [-0.1, -0.05) is 48.5 Å². The third-order valence-electron chi connectivity index (χ3n) is 5.62. The number of fused-ring (bicyclic) bond motifs is 1. The number of thioether (sulfide) groups is 1. The molecule has 4 aromatic rings. The number of aromatic nitrogens is 3. The Balaban J connectivity index is 1.68. The lowest BCUT2D eigenvalue weighted by molar-refractivity contribution is -0.119. The predicted molar refractivity (Wildman–Crippen MR) is 132 cm³/mol. The van der Waals surface area contributed by atoms with Crippen LogP contribution in [0.2, 0.25) is 0 Å². The van der Waals surface area contributed by atoms with Crippen molar-refractivity contribution in [3.8, 4) is 0 Å². The minimum absolute atomic E-state index is 0.0962. The van der Waals surface area contributed by atoms with Crippen molar-refractivity contribution in [3.63, 3.8) is 0 Å². The number of carbonyl (C=O) groups excluding carboxylic acids is 1. The molecule has 0 saturated heterocycles. The van der Waals surface area contributed by atoms with Gasteiger partial charge in [0, 0.05) is 17.6 Å². The van der Waals surface area contributed by atoms with Crippen LogP contribution in [0.5, 0.6) is 0 Å². The van der Waals surface area contributed by atoms with Crippen LogP contribution in [0.25, 0.3) is 11.2 Å². The number of hydrogen-bond donors (Lipinski definition) is 1. The Morgan fingerprint density at radius 1 is 1.12 bits per heavy atom. The van der Waals surface area contributed by atoms with E-state index in [4.69, 9.17) is 4.98 Å². The van der Waals surface area contributed by atoms with E-state index in [-0.39, 0.29) is 11.7 Å². The molecular weight excluding hydrogens is 435 g/mol. The van der Waals surface area contributed by atoms with Crippen molar-refractivity contribution >= 4 is 34.5 Å². The van der Waals surface area contributed by atoms with Crippen LogP contribution in [0, 0.1) is 26.6 Å². The van der Waals surface area contributed by atoms with Crippen LogP contribution in [0.3, 0.4) is 0 Å². The maximum Gasteiger partial charge on any atom is 0.247 e. The molecule has 2 aromatic heterocycles. The molecule has 170 valence electrons. The van der Waals surface area contributed by atoms with Gasteiger partial charge in [-0.15, -0.1) is 0 Å². The lowest BCUT2D eigenvalue weighted by Gasteiger charge is -2.21. The molecule has 0 aliphatic heterocycles. The van der Waals surface area contributed by atoms with E-state index >= 15 is 0 Å². The monoisotopic (exact) mass is 462 g/mol. The molecule has 0 saturated carbocycles. The van der Waals surface area contributed by atoms with Gasteiger partial charge in [0.1, 0.15) is 17.4 Å². The van der Waals surface area contributed by atoms with Gasteiger partial charge >= 0.3 is 0 Å². The zero-order valence-electron chi connectivity index (χ0n) is 19.2. The van der Waals surface area contributed by atoms with Crippen molar-refractivity contribution in [3.05, 3.63) is 82.8 Å². The molecule has 0 aliphatic carbocycles. The second kappa shape index (κ2) is 9.75. The van der Waals surface area contributed by atoms with E-state index in [1.165, 1.54) is 29.5 Å². The molecule has 1 N–H and O–H groups in total. The normalized spacial score (nSPS) is 12.2. The average molecular weight is 463 g/mol. The minimum atomic E-state index is -0.472. The van der Waals surface area contributed by atoms with E-state index in [0.717, 1.165) is 27.9 Å². The van der Waals surface area contributed by atoms with Gasteiger partial charge in [-0.2, -0.15) is 0 Å². The Hall–Kier alpha value is -3.19. The van der Waals surface area contributed by atoms with E-state index in [0.29, 0.717) is 23.0 Å². The Bertz CT molecular complexity index is 1280. The highest BCUT2D eigenvalue weighted by Crippen LogP contribution is 2.32. The molecule has 2 heterocycles. The number of aryl methyl sites for hydroxylation is 3. The van der Waals surface area contributed by atoms with E-state index in [2.05, 4.69) is 22.4 Å². The summed E-state index contributed by atoms with van der Waals surface area (Å²) in [5, 5.41) is 3.87. The summed E-state index contributed by atoms with van der Waals surface area (Å²) in [7, 11) is 0. The van der Waals surface area contributed by atoms with Crippen LogP contribution in [0.4, 0.5) is 10.1 Å². The average Bonchev–Trinajstić information content (AvgIpc) is 3.15. The van der Waals surface area contributed by atoms with E-state index in [1.54, 1.807) is 18.3 Å². The first kappa shape index (κ1) is 23.0. The molecule has 7 heteroatoms. The van der Waals surface area contributed by atoms with E-state index < -0.39 is 6.04 Å². The molecule has 0 spiro atoms. The van der Waals surface area contributed by atoms with Crippen molar-refractivity contribution < 1.29 is 9.18 Å². The number of pyridine rings is 1. The van der Waals surface area contributed by atoms with Crippen molar-refractivity contribution in [1.29, 1.82) is 0 Å². The number of benzene rings is 2. The second-order valence-electron chi connectivity index (χ2n) is 8.21. The van der Waals surface area contributed by atoms with Crippen molar-refractivity contribution in [2.45, 2.75) is 51.1 Å². The zero-order valence-corrected chi connectivity index (χ0v) is 20.0. The number of halogens is 1. The summed E-state index contributed by atoms with van der Waals surface area (Å²) >= 11 is 1.52. The van der Waals surface area contributed by atoms with Gasteiger partial charge in [0.2, 0.25) is 5.91 Å².